The number of nitrogens with one attached hydrogen (secondary N) is 1. The lowest BCUT2D eigenvalue weighted by Crippen LogP contribution is -2.01. The number of nitrogens with zero attached hydrogens (tertiary/aromatic N) is 2. The molecular weight excluding hydrogens is 258 g/mol. The first-order valence-corrected chi connectivity index (χ1v) is 6.64. The second-order valence-corrected chi connectivity index (χ2v) is 5.33. The quantitative estimate of drug-likeness (QED) is 0.778. The van der Waals surface area contributed by atoms with Crippen molar-refractivity contribution in [3.63, 3.8) is 0 Å². The average Bonchev–Trinajstić information content (AvgIpc) is 2.86. The molecule has 0 unspecified atom stereocenters. The Hall–Kier alpha value is -2.27. The number of hydrogen-bond acceptors (Lipinski definition) is 4. The van der Waals surface area contributed by atoms with Crippen LogP contribution in [0, 0.1) is 6.92 Å². The van der Waals surface area contributed by atoms with Crippen LogP contribution in [0.15, 0.2) is 47.4 Å². The van der Waals surface area contributed by atoms with Crippen molar-refractivity contribution in [2.24, 2.45) is 0 Å². The number of benzene rings is 1. The molecule has 0 aliphatic rings. The topological polar surface area (TPSA) is 58.6 Å². The third-order valence-corrected chi connectivity index (χ3v) is 3.64. The van der Waals surface area contributed by atoms with E-state index in [1.807, 2.05) is 37.3 Å². The molecule has 19 heavy (non-hydrogen) atoms. The Labute approximate surface area is 113 Å². The van der Waals surface area contributed by atoms with E-state index in [9.17, 15) is 4.79 Å². The van der Waals surface area contributed by atoms with Gasteiger partial charge >= 0.3 is 0 Å². The van der Waals surface area contributed by atoms with E-state index in [1.165, 1.54) is 6.07 Å². The zero-order valence-electron chi connectivity index (χ0n) is 10.3. The van der Waals surface area contributed by atoms with Gasteiger partial charge in [-0.05, 0) is 30.2 Å². The summed E-state index contributed by atoms with van der Waals surface area (Å²) < 4.78 is 0. The second kappa shape index (κ2) is 4.78. The van der Waals surface area contributed by atoms with Gasteiger partial charge in [-0.1, -0.05) is 29.5 Å². The molecule has 5 heteroatoms. The fourth-order valence-electron chi connectivity index (χ4n) is 1.84. The van der Waals surface area contributed by atoms with Crippen LogP contribution in [0.25, 0.3) is 21.7 Å². The first kappa shape index (κ1) is 11.8. The van der Waals surface area contributed by atoms with Gasteiger partial charge in [0.2, 0.25) is 5.56 Å². The summed E-state index contributed by atoms with van der Waals surface area (Å²) in [6, 6.07) is 11.4. The maximum absolute atomic E-state index is 11.1. The summed E-state index contributed by atoms with van der Waals surface area (Å²) in [6.45, 7) is 1.94. The molecule has 1 N–H and O–H groups in total. The highest BCUT2D eigenvalue weighted by Gasteiger charge is 2.05. The maximum atomic E-state index is 11.1. The molecule has 2 heterocycles. The minimum absolute atomic E-state index is 0.0975. The molecule has 0 saturated carbocycles. The lowest BCUT2D eigenvalue weighted by Gasteiger charge is -2.02. The van der Waals surface area contributed by atoms with Crippen molar-refractivity contribution in [1.29, 1.82) is 0 Å². The Morgan fingerprint density at radius 1 is 1.05 bits per heavy atom. The van der Waals surface area contributed by atoms with Gasteiger partial charge in [-0.3, -0.25) is 4.79 Å². The molecule has 0 atom stereocenters. The van der Waals surface area contributed by atoms with Crippen LogP contribution in [0.1, 0.15) is 5.01 Å². The minimum Gasteiger partial charge on any atom is -0.328 e. The van der Waals surface area contributed by atoms with Crippen molar-refractivity contribution < 1.29 is 0 Å². The SMILES string of the molecule is Cc1nnc(-c2cccc(-c3ccc(=O)[nH]c3)c2)s1. The zero-order valence-corrected chi connectivity index (χ0v) is 11.1. The number of hydrogen-bond donors (Lipinski definition) is 1. The van der Waals surface area contributed by atoms with Gasteiger partial charge in [-0.25, -0.2) is 0 Å². The van der Waals surface area contributed by atoms with Gasteiger partial charge in [0, 0.05) is 17.8 Å². The smallest absolute Gasteiger partial charge is 0.247 e. The maximum Gasteiger partial charge on any atom is 0.247 e. The van der Waals surface area contributed by atoms with Gasteiger partial charge in [0.15, 0.2) is 0 Å². The Morgan fingerprint density at radius 3 is 2.58 bits per heavy atom. The van der Waals surface area contributed by atoms with Crippen molar-refractivity contribution in [2.45, 2.75) is 6.92 Å². The van der Waals surface area contributed by atoms with Crippen LogP contribution in [-0.2, 0) is 0 Å². The van der Waals surface area contributed by atoms with Crippen LogP contribution in [-0.4, -0.2) is 15.2 Å². The van der Waals surface area contributed by atoms with Gasteiger partial charge in [0.05, 0.1) is 0 Å². The van der Waals surface area contributed by atoms with E-state index in [4.69, 9.17) is 0 Å². The molecule has 0 spiro atoms. The molecule has 3 rings (SSSR count). The molecule has 0 amide bonds. The summed E-state index contributed by atoms with van der Waals surface area (Å²) >= 11 is 1.57. The van der Waals surface area contributed by atoms with E-state index in [0.717, 1.165) is 26.7 Å². The van der Waals surface area contributed by atoms with Crippen molar-refractivity contribution in [2.75, 3.05) is 0 Å². The largest absolute Gasteiger partial charge is 0.328 e. The summed E-state index contributed by atoms with van der Waals surface area (Å²) in [5.41, 5.74) is 2.96. The highest BCUT2D eigenvalue weighted by molar-refractivity contribution is 7.14. The predicted molar refractivity (Wildman–Crippen MR) is 76.1 cm³/mol. The van der Waals surface area contributed by atoms with Crippen LogP contribution >= 0.6 is 11.3 Å². The zero-order chi connectivity index (χ0) is 13.2. The van der Waals surface area contributed by atoms with Gasteiger partial charge < -0.3 is 4.98 Å². The Balaban J connectivity index is 2.04. The monoisotopic (exact) mass is 269 g/mol. The Morgan fingerprint density at radius 2 is 1.89 bits per heavy atom. The normalized spacial score (nSPS) is 10.6. The third-order valence-electron chi connectivity index (χ3n) is 2.75. The fraction of sp³-hybridized carbons (Fsp3) is 0.0714. The standard InChI is InChI=1S/C14H11N3OS/c1-9-16-17-14(19-9)11-4-2-3-10(7-11)12-5-6-13(18)15-8-12/h2-8H,1H3,(H,15,18). The first-order chi connectivity index (χ1) is 9.22. The fourth-order valence-corrected chi connectivity index (χ4v) is 2.52. The molecule has 4 nitrogen and oxygen atoms in total. The van der Waals surface area contributed by atoms with E-state index in [1.54, 1.807) is 17.5 Å². The molecule has 0 aliphatic carbocycles. The highest BCUT2D eigenvalue weighted by Crippen LogP contribution is 2.27. The van der Waals surface area contributed by atoms with E-state index in [-0.39, 0.29) is 5.56 Å². The first-order valence-electron chi connectivity index (χ1n) is 5.82. The molecule has 1 aromatic carbocycles. The second-order valence-electron chi connectivity index (χ2n) is 4.15. The van der Waals surface area contributed by atoms with Gasteiger partial charge in [0.25, 0.3) is 0 Å². The number of H-pyrrole nitrogens is 1. The van der Waals surface area contributed by atoms with Gasteiger partial charge in [-0.2, -0.15) is 0 Å². The van der Waals surface area contributed by atoms with E-state index in [2.05, 4.69) is 15.2 Å². The predicted octanol–water partition coefficient (Wildman–Crippen LogP) is 2.87. The summed E-state index contributed by atoms with van der Waals surface area (Å²) in [5.74, 6) is 0. The van der Waals surface area contributed by atoms with Crippen molar-refractivity contribution in [3.8, 4) is 21.7 Å². The minimum atomic E-state index is -0.0975. The van der Waals surface area contributed by atoms with Gasteiger partial charge in [0.1, 0.15) is 10.0 Å². The molecule has 3 aromatic rings. The summed E-state index contributed by atoms with van der Waals surface area (Å²) in [6.07, 6.45) is 1.72. The van der Waals surface area contributed by atoms with Crippen molar-refractivity contribution in [3.05, 3.63) is 58.0 Å². The molecule has 0 radical (unpaired) electrons. The molecule has 0 aliphatic heterocycles. The molecule has 0 saturated heterocycles. The lowest BCUT2D eigenvalue weighted by molar-refractivity contribution is 1.05. The van der Waals surface area contributed by atoms with Crippen LogP contribution in [0.4, 0.5) is 0 Å². The molecule has 94 valence electrons. The van der Waals surface area contributed by atoms with Crippen molar-refractivity contribution >= 4 is 11.3 Å². The third kappa shape index (κ3) is 2.46. The molecular formula is C14H11N3OS. The van der Waals surface area contributed by atoms with Crippen LogP contribution in [0.5, 0.6) is 0 Å². The molecule has 0 fully saturated rings. The number of rotatable bonds is 2. The van der Waals surface area contributed by atoms with Crippen LogP contribution < -0.4 is 5.56 Å². The van der Waals surface area contributed by atoms with Crippen molar-refractivity contribution in [1.82, 2.24) is 15.2 Å². The van der Waals surface area contributed by atoms with E-state index < -0.39 is 0 Å². The van der Waals surface area contributed by atoms with Crippen LogP contribution in [0.2, 0.25) is 0 Å². The molecule has 2 aromatic heterocycles. The number of aryl methyl sites for hydroxylation is 1. The number of aromatic nitrogens is 3. The number of pyridine rings is 1. The van der Waals surface area contributed by atoms with Crippen LogP contribution in [0.3, 0.4) is 0 Å². The number of aromatic amines is 1. The Bertz CT molecular complexity index is 756. The van der Waals surface area contributed by atoms with E-state index >= 15 is 0 Å². The summed E-state index contributed by atoms with van der Waals surface area (Å²) in [4.78, 5) is 13.8. The molecule has 0 bridgehead atoms. The Kier molecular flexibility index (Phi) is 2.97. The average molecular weight is 269 g/mol. The highest BCUT2D eigenvalue weighted by atomic mass is 32.1. The lowest BCUT2D eigenvalue weighted by atomic mass is 10.1. The van der Waals surface area contributed by atoms with Gasteiger partial charge in [-0.15, -0.1) is 10.2 Å². The van der Waals surface area contributed by atoms with E-state index in [0.29, 0.717) is 0 Å². The summed E-state index contributed by atoms with van der Waals surface area (Å²) in [7, 11) is 0. The summed E-state index contributed by atoms with van der Waals surface area (Å²) in [5, 5.41) is 10.0.